The third kappa shape index (κ3) is 3.99. The summed E-state index contributed by atoms with van der Waals surface area (Å²) in [5.41, 5.74) is 4.12. The molecule has 0 saturated carbocycles. The summed E-state index contributed by atoms with van der Waals surface area (Å²) in [7, 11) is -3.42. The zero-order valence-corrected chi connectivity index (χ0v) is 15.4. The molecule has 2 rings (SSSR count). The number of aryl methyl sites for hydroxylation is 2. The maximum absolute atomic E-state index is 11.3. The van der Waals surface area contributed by atoms with Crippen molar-refractivity contribution in [3.05, 3.63) is 70.8 Å². The Morgan fingerprint density at radius 1 is 0.826 bits per heavy atom. The molecule has 2 aromatic rings. The van der Waals surface area contributed by atoms with Gasteiger partial charge in [0.15, 0.2) is 0 Å². The molecular weight excluding hydrogens is 307 g/mol. The van der Waals surface area contributed by atoms with E-state index in [-0.39, 0.29) is 5.66 Å². The Kier molecular flexibility index (Phi) is 6.32. The van der Waals surface area contributed by atoms with Crippen LogP contribution < -0.4 is 0 Å². The molecule has 0 unspecified atom stereocenters. The van der Waals surface area contributed by atoms with E-state index < -0.39 is 7.94 Å². The molecule has 126 valence electrons. The number of hydrogen-bond donors (Lipinski definition) is 1. The summed E-state index contributed by atoms with van der Waals surface area (Å²) in [6.45, 7) is 8.77. The van der Waals surface area contributed by atoms with Gasteiger partial charge in [0, 0.05) is 0 Å². The van der Waals surface area contributed by atoms with Gasteiger partial charge in [-0.05, 0) is 0 Å². The maximum atomic E-state index is 11.3. The SMILES string of the molecule is CCO[PH](O)(OCC)C(c1ccccc1C)c1ccccc1C. The second-order valence-corrected chi connectivity index (χ2v) is 8.06. The van der Waals surface area contributed by atoms with Crippen LogP contribution in [0.4, 0.5) is 0 Å². The first-order valence-electron chi connectivity index (χ1n) is 8.14. The molecule has 4 heteroatoms. The van der Waals surface area contributed by atoms with Gasteiger partial charge >= 0.3 is 139 Å². The van der Waals surface area contributed by atoms with Crippen molar-refractivity contribution in [2.45, 2.75) is 33.4 Å². The molecule has 0 saturated heterocycles. The van der Waals surface area contributed by atoms with Gasteiger partial charge < -0.3 is 0 Å². The molecule has 0 aliphatic carbocycles. The van der Waals surface area contributed by atoms with E-state index in [0.29, 0.717) is 13.2 Å². The van der Waals surface area contributed by atoms with Crippen molar-refractivity contribution in [1.29, 1.82) is 0 Å². The monoisotopic (exact) mass is 334 g/mol. The van der Waals surface area contributed by atoms with Crippen LogP contribution in [0.3, 0.4) is 0 Å². The molecule has 1 N–H and O–H groups in total. The molecule has 0 atom stereocenters. The third-order valence-corrected chi connectivity index (χ3v) is 6.82. The molecule has 3 nitrogen and oxygen atoms in total. The molecule has 0 spiro atoms. The van der Waals surface area contributed by atoms with Gasteiger partial charge in [0.25, 0.3) is 0 Å². The molecule has 0 aliphatic heterocycles. The summed E-state index contributed by atoms with van der Waals surface area (Å²) in [5, 5.41) is 0. The molecular formula is C19H27O3P. The summed E-state index contributed by atoms with van der Waals surface area (Å²) in [5.74, 6) is 0. The van der Waals surface area contributed by atoms with Gasteiger partial charge in [-0.15, -0.1) is 0 Å². The van der Waals surface area contributed by atoms with E-state index in [1.54, 1.807) is 0 Å². The van der Waals surface area contributed by atoms with E-state index in [2.05, 4.69) is 38.1 Å². The van der Waals surface area contributed by atoms with Crippen molar-refractivity contribution in [2.75, 3.05) is 13.2 Å². The molecule has 0 heterocycles. The Morgan fingerprint density at radius 2 is 1.22 bits per heavy atom. The zero-order valence-electron chi connectivity index (χ0n) is 14.4. The topological polar surface area (TPSA) is 38.7 Å². The quantitative estimate of drug-likeness (QED) is 0.728. The van der Waals surface area contributed by atoms with Gasteiger partial charge in [-0.3, -0.25) is 0 Å². The molecule has 0 radical (unpaired) electrons. The van der Waals surface area contributed by atoms with Crippen molar-refractivity contribution in [1.82, 2.24) is 0 Å². The van der Waals surface area contributed by atoms with Gasteiger partial charge in [-0.2, -0.15) is 0 Å². The van der Waals surface area contributed by atoms with Gasteiger partial charge in [0.05, 0.1) is 0 Å². The second-order valence-electron chi connectivity index (χ2n) is 5.64. The minimum absolute atomic E-state index is 0.273. The van der Waals surface area contributed by atoms with Crippen LogP contribution >= 0.6 is 7.94 Å². The fourth-order valence-electron chi connectivity index (χ4n) is 3.00. The van der Waals surface area contributed by atoms with Crippen LogP contribution in [0.5, 0.6) is 0 Å². The predicted octanol–water partition coefficient (Wildman–Crippen LogP) is 4.95. The molecule has 0 aromatic heterocycles. The molecule has 2 aromatic carbocycles. The third-order valence-electron chi connectivity index (χ3n) is 4.07. The fourth-order valence-corrected chi connectivity index (χ4v) is 5.68. The number of hydrogen-bond acceptors (Lipinski definition) is 3. The zero-order chi connectivity index (χ0) is 16.9. The Bertz CT molecular complexity index is 591. The Morgan fingerprint density at radius 3 is 1.57 bits per heavy atom. The average Bonchev–Trinajstić information content (AvgIpc) is 2.52. The van der Waals surface area contributed by atoms with Crippen LogP contribution in [-0.2, 0) is 9.05 Å². The van der Waals surface area contributed by atoms with Gasteiger partial charge in [0.1, 0.15) is 0 Å². The first kappa shape index (κ1) is 18.1. The Hall–Kier alpha value is -1.25. The molecule has 0 amide bonds. The molecule has 0 bridgehead atoms. The van der Waals surface area contributed by atoms with Crippen molar-refractivity contribution >= 4 is 7.94 Å². The van der Waals surface area contributed by atoms with Crippen molar-refractivity contribution in [2.24, 2.45) is 0 Å². The van der Waals surface area contributed by atoms with Crippen molar-refractivity contribution < 1.29 is 13.9 Å². The number of benzene rings is 2. The second kappa shape index (κ2) is 8.03. The first-order chi connectivity index (χ1) is 11.0. The van der Waals surface area contributed by atoms with Crippen LogP contribution in [0.25, 0.3) is 0 Å². The standard InChI is InChI=1S/C19H27O3P/c1-5-21-23(20,22-6-2)19(17-13-9-7-11-15(17)3)18-14-10-8-12-16(18)4/h7-14,19-20,23H,5-6H2,1-4H3. The Balaban J connectivity index is 2.65. The van der Waals surface area contributed by atoms with E-state index in [1.165, 1.54) is 0 Å². The first-order valence-corrected chi connectivity index (χ1v) is 9.99. The van der Waals surface area contributed by atoms with Crippen LogP contribution in [0, 0.1) is 13.8 Å². The van der Waals surface area contributed by atoms with E-state index in [0.717, 1.165) is 22.3 Å². The predicted molar refractivity (Wildman–Crippen MR) is 98.0 cm³/mol. The van der Waals surface area contributed by atoms with E-state index in [1.807, 2.05) is 38.1 Å². The van der Waals surface area contributed by atoms with Crippen molar-refractivity contribution in [3.8, 4) is 0 Å². The summed E-state index contributed by atoms with van der Waals surface area (Å²) >= 11 is 0. The normalized spacial score (nSPS) is 12.6. The van der Waals surface area contributed by atoms with Crippen LogP contribution in [0.2, 0.25) is 0 Å². The fraction of sp³-hybridized carbons (Fsp3) is 0.368. The molecule has 0 fully saturated rings. The van der Waals surface area contributed by atoms with Crippen LogP contribution in [0.15, 0.2) is 48.5 Å². The molecule has 23 heavy (non-hydrogen) atoms. The number of rotatable bonds is 7. The van der Waals surface area contributed by atoms with Gasteiger partial charge in [-0.25, -0.2) is 0 Å². The summed E-state index contributed by atoms with van der Waals surface area (Å²) < 4.78 is 11.6. The Labute approximate surface area is 139 Å². The summed E-state index contributed by atoms with van der Waals surface area (Å²) in [4.78, 5) is 11.3. The molecule has 0 aliphatic rings. The minimum atomic E-state index is -3.42. The van der Waals surface area contributed by atoms with Crippen molar-refractivity contribution in [3.63, 3.8) is 0 Å². The van der Waals surface area contributed by atoms with Crippen LogP contribution in [-0.4, -0.2) is 18.1 Å². The summed E-state index contributed by atoms with van der Waals surface area (Å²) in [6.07, 6.45) is 0. The van der Waals surface area contributed by atoms with Crippen LogP contribution in [0.1, 0.15) is 41.8 Å². The van der Waals surface area contributed by atoms with Gasteiger partial charge in [0.2, 0.25) is 0 Å². The van der Waals surface area contributed by atoms with E-state index in [9.17, 15) is 4.89 Å². The summed E-state index contributed by atoms with van der Waals surface area (Å²) in [6, 6.07) is 16.3. The van der Waals surface area contributed by atoms with Gasteiger partial charge in [-0.1, -0.05) is 0 Å². The van der Waals surface area contributed by atoms with E-state index >= 15 is 0 Å². The average molecular weight is 334 g/mol. The van der Waals surface area contributed by atoms with E-state index in [4.69, 9.17) is 9.05 Å².